The number of carbonyl (C=O) groups excluding carboxylic acids is 1. The van der Waals surface area contributed by atoms with Gasteiger partial charge in [-0.05, 0) is 43.5 Å². The standard InChI is InChI=1S/C22H24FNO6/c23-15-8-4-11-18(22(15)29-14-6-2-1-3-7-14)30-17-10-5-9-16(21(17)28)24-19(25)12-13-20(26)27/h1-4,6-8,11,16-17,21,28H,5,9-10,12-13H2,(H,24,25)(H,26,27)/t16-,17-,21-/m1/s1. The Morgan fingerprint density at radius 1 is 1.07 bits per heavy atom. The number of halogens is 1. The molecule has 0 bridgehead atoms. The van der Waals surface area contributed by atoms with Gasteiger partial charge in [-0.25, -0.2) is 4.39 Å². The van der Waals surface area contributed by atoms with Crippen molar-refractivity contribution in [2.75, 3.05) is 0 Å². The lowest BCUT2D eigenvalue weighted by molar-refractivity contribution is -0.139. The van der Waals surface area contributed by atoms with Crippen molar-refractivity contribution in [1.82, 2.24) is 5.32 Å². The average molecular weight is 417 g/mol. The fourth-order valence-electron chi connectivity index (χ4n) is 3.38. The largest absolute Gasteiger partial charge is 0.484 e. The molecule has 2 aromatic rings. The van der Waals surface area contributed by atoms with E-state index in [2.05, 4.69) is 5.32 Å². The number of rotatable bonds is 8. The number of carboxylic acids is 1. The SMILES string of the molecule is O=C(O)CCC(=O)N[C@@H]1CCC[C@@H](Oc2cccc(F)c2Oc2ccccc2)[C@@H]1O. The summed E-state index contributed by atoms with van der Waals surface area (Å²) in [5, 5.41) is 22.0. The van der Waals surface area contributed by atoms with Crippen LogP contribution >= 0.6 is 0 Å². The van der Waals surface area contributed by atoms with Gasteiger partial charge in [0.15, 0.2) is 11.6 Å². The van der Waals surface area contributed by atoms with Gasteiger partial charge in [0.1, 0.15) is 18.0 Å². The molecular formula is C22H24FNO6. The lowest BCUT2D eigenvalue weighted by Crippen LogP contribution is -2.52. The van der Waals surface area contributed by atoms with Gasteiger partial charge < -0.3 is 25.0 Å². The number of hydrogen-bond donors (Lipinski definition) is 3. The van der Waals surface area contributed by atoms with Crippen LogP contribution < -0.4 is 14.8 Å². The Kier molecular flexibility index (Phi) is 7.24. The molecule has 30 heavy (non-hydrogen) atoms. The van der Waals surface area contributed by atoms with Crippen molar-refractivity contribution < 1.29 is 33.7 Å². The Morgan fingerprint density at radius 2 is 1.83 bits per heavy atom. The number of aliphatic hydroxyl groups excluding tert-OH is 1. The van der Waals surface area contributed by atoms with E-state index in [9.17, 15) is 19.1 Å². The molecule has 1 amide bonds. The Labute approximate surface area is 173 Å². The molecule has 0 unspecified atom stereocenters. The zero-order valence-electron chi connectivity index (χ0n) is 16.3. The minimum Gasteiger partial charge on any atom is -0.484 e. The molecule has 1 aliphatic carbocycles. The minimum absolute atomic E-state index is 0.0801. The van der Waals surface area contributed by atoms with Gasteiger partial charge in [0.05, 0.1) is 12.5 Å². The smallest absolute Gasteiger partial charge is 0.303 e. The number of aliphatic hydroxyl groups is 1. The molecule has 0 radical (unpaired) electrons. The number of amides is 1. The fourth-order valence-corrected chi connectivity index (χ4v) is 3.38. The van der Waals surface area contributed by atoms with Crippen LogP contribution in [0.3, 0.4) is 0 Å². The van der Waals surface area contributed by atoms with E-state index < -0.39 is 35.9 Å². The second-order valence-electron chi connectivity index (χ2n) is 7.13. The van der Waals surface area contributed by atoms with Crippen LogP contribution in [0.15, 0.2) is 48.5 Å². The first-order valence-electron chi connectivity index (χ1n) is 9.81. The van der Waals surface area contributed by atoms with Crippen molar-refractivity contribution in [1.29, 1.82) is 0 Å². The van der Waals surface area contributed by atoms with Gasteiger partial charge in [-0.1, -0.05) is 24.3 Å². The van der Waals surface area contributed by atoms with E-state index in [1.165, 1.54) is 12.1 Å². The molecule has 0 heterocycles. The second-order valence-corrected chi connectivity index (χ2v) is 7.13. The average Bonchev–Trinajstić information content (AvgIpc) is 2.72. The topological polar surface area (TPSA) is 105 Å². The summed E-state index contributed by atoms with van der Waals surface area (Å²) in [5.41, 5.74) is 0. The molecule has 8 heteroatoms. The molecule has 1 saturated carbocycles. The van der Waals surface area contributed by atoms with E-state index in [1.807, 2.05) is 6.07 Å². The third-order valence-corrected chi connectivity index (χ3v) is 4.88. The molecule has 3 atom stereocenters. The number of nitrogens with one attached hydrogen (secondary N) is 1. The number of para-hydroxylation sites is 2. The maximum atomic E-state index is 14.4. The monoisotopic (exact) mass is 417 g/mol. The Bertz CT molecular complexity index is 875. The van der Waals surface area contributed by atoms with Gasteiger partial charge in [0.25, 0.3) is 0 Å². The molecular weight excluding hydrogens is 393 g/mol. The first kappa shape index (κ1) is 21.6. The highest BCUT2D eigenvalue weighted by Gasteiger charge is 2.35. The molecule has 0 aromatic heterocycles. The molecule has 0 spiro atoms. The molecule has 2 aromatic carbocycles. The van der Waals surface area contributed by atoms with Crippen LogP contribution in [0.5, 0.6) is 17.2 Å². The van der Waals surface area contributed by atoms with E-state index >= 15 is 0 Å². The Morgan fingerprint density at radius 3 is 2.57 bits per heavy atom. The summed E-state index contributed by atoms with van der Waals surface area (Å²) in [6.07, 6.45) is -0.416. The van der Waals surface area contributed by atoms with Gasteiger partial charge in [0, 0.05) is 6.42 Å². The highest BCUT2D eigenvalue weighted by atomic mass is 19.1. The van der Waals surface area contributed by atoms with Crippen molar-refractivity contribution in [3.63, 3.8) is 0 Å². The lowest BCUT2D eigenvalue weighted by atomic mass is 9.89. The quantitative estimate of drug-likeness (QED) is 0.609. The maximum absolute atomic E-state index is 14.4. The summed E-state index contributed by atoms with van der Waals surface area (Å²) in [7, 11) is 0. The summed E-state index contributed by atoms with van der Waals surface area (Å²) in [6.45, 7) is 0. The van der Waals surface area contributed by atoms with Crippen molar-refractivity contribution in [3.05, 3.63) is 54.3 Å². The highest BCUT2D eigenvalue weighted by Crippen LogP contribution is 2.36. The first-order valence-corrected chi connectivity index (χ1v) is 9.81. The van der Waals surface area contributed by atoms with Crippen LogP contribution in [0.4, 0.5) is 4.39 Å². The molecule has 3 rings (SSSR count). The molecule has 0 saturated heterocycles. The number of ether oxygens (including phenoxy) is 2. The Hall–Kier alpha value is -3.13. The van der Waals surface area contributed by atoms with Crippen LogP contribution in [0.1, 0.15) is 32.1 Å². The molecule has 160 valence electrons. The minimum atomic E-state index is -1.06. The number of hydrogen-bond acceptors (Lipinski definition) is 5. The van der Waals surface area contributed by atoms with E-state index in [1.54, 1.807) is 30.3 Å². The van der Waals surface area contributed by atoms with Crippen molar-refractivity contribution in [2.24, 2.45) is 0 Å². The number of carbonyl (C=O) groups is 2. The Balaban J connectivity index is 1.69. The predicted octanol–water partition coefficient (Wildman–Crippen LogP) is 3.26. The third-order valence-electron chi connectivity index (χ3n) is 4.88. The number of carboxylic acid groups (broad SMARTS) is 1. The highest BCUT2D eigenvalue weighted by molar-refractivity contribution is 5.80. The van der Waals surface area contributed by atoms with Crippen LogP contribution in [0.2, 0.25) is 0 Å². The predicted molar refractivity (Wildman–Crippen MR) is 106 cm³/mol. The number of benzene rings is 2. The van der Waals surface area contributed by atoms with Gasteiger partial charge in [0.2, 0.25) is 11.7 Å². The molecule has 1 fully saturated rings. The summed E-state index contributed by atoms with van der Waals surface area (Å²) in [5.74, 6) is -1.58. The van der Waals surface area contributed by atoms with E-state index in [4.69, 9.17) is 14.6 Å². The second kappa shape index (κ2) is 10.1. The molecule has 1 aliphatic rings. The van der Waals surface area contributed by atoms with E-state index in [-0.39, 0.29) is 24.3 Å². The van der Waals surface area contributed by atoms with E-state index in [0.29, 0.717) is 25.0 Å². The van der Waals surface area contributed by atoms with Gasteiger partial charge in [-0.15, -0.1) is 0 Å². The van der Waals surface area contributed by atoms with Crippen LogP contribution in [0, 0.1) is 5.82 Å². The van der Waals surface area contributed by atoms with Crippen molar-refractivity contribution in [3.8, 4) is 17.2 Å². The summed E-state index contributed by atoms with van der Waals surface area (Å²) in [6, 6.07) is 12.5. The van der Waals surface area contributed by atoms with Gasteiger partial charge >= 0.3 is 5.97 Å². The fraction of sp³-hybridized carbons (Fsp3) is 0.364. The summed E-state index contributed by atoms with van der Waals surface area (Å²) < 4.78 is 26.0. The zero-order valence-corrected chi connectivity index (χ0v) is 16.3. The lowest BCUT2D eigenvalue weighted by Gasteiger charge is -2.35. The summed E-state index contributed by atoms with van der Waals surface area (Å²) in [4.78, 5) is 22.5. The normalized spacial score (nSPS) is 20.9. The number of aliphatic carboxylic acids is 1. The van der Waals surface area contributed by atoms with Crippen LogP contribution in [-0.2, 0) is 9.59 Å². The molecule has 3 N–H and O–H groups in total. The summed E-state index contributed by atoms with van der Waals surface area (Å²) >= 11 is 0. The zero-order chi connectivity index (χ0) is 21.5. The first-order chi connectivity index (χ1) is 14.4. The molecule has 0 aliphatic heterocycles. The van der Waals surface area contributed by atoms with Crippen LogP contribution in [-0.4, -0.2) is 40.3 Å². The van der Waals surface area contributed by atoms with Crippen molar-refractivity contribution in [2.45, 2.75) is 50.4 Å². The molecule has 7 nitrogen and oxygen atoms in total. The van der Waals surface area contributed by atoms with Gasteiger partial charge in [-0.2, -0.15) is 0 Å². The van der Waals surface area contributed by atoms with Gasteiger partial charge in [-0.3, -0.25) is 9.59 Å². The maximum Gasteiger partial charge on any atom is 0.303 e. The van der Waals surface area contributed by atoms with Crippen LogP contribution in [0.25, 0.3) is 0 Å². The van der Waals surface area contributed by atoms with E-state index in [0.717, 1.165) is 0 Å². The van der Waals surface area contributed by atoms with Crippen molar-refractivity contribution >= 4 is 11.9 Å². The third kappa shape index (κ3) is 5.70.